The van der Waals surface area contributed by atoms with Gasteiger partial charge in [0.2, 0.25) is 0 Å². The lowest BCUT2D eigenvalue weighted by Crippen LogP contribution is -2.34. The van der Waals surface area contributed by atoms with Gasteiger partial charge in [0.05, 0.1) is 16.1 Å². The van der Waals surface area contributed by atoms with Gasteiger partial charge in [-0.2, -0.15) is 4.98 Å². The first kappa shape index (κ1) is 16.2. The first-order chi connectivity index (χ1) is 9.49. The summed E-state index contributed by atoms with van der Waals surface area (Å²) in [5, 5.41) is 4.23. The normalized spacial score (nSPS) is 16.8. The lowest BCUT2D eigenvalue weighted by molar-refractivity contribution is 0.372. The molecule has 3 rings (SSSR count). The van der Waals surface area contributed by atoms with Crippen LogP contribution in [0, 0.1) is 12.7 Å². The zero-order valence-electron chi connectivity index (χ0n) is 11.5. The van der Waals surface area contributed by atoms with Crippen molar-refractivity contribution in [2.24, 2.45) is 5.73 Å². The van der Waals surface area contributed by atoms with Gasteiger partial charge >= 0.3 is 0 Å². The Morgan fingerprint density at radius 2 is 2.00 bits per heavy atom. The highest BCUT2D eigenvalue weighted by atomic mass is 35.5. The summed E-state index contributed by atoms with van der Waals surface area (Å²) >= 11 is 6.04. The van der Waals surface area contributed by atoms with Crippen LogP contribution in [0.3, 0.4) is 0 Å². The summed E-state index contributed by atoms with van der Waals surface area (Å²) in [7, 11) is 0. The maximum Gasteiger partial charge on any atom is 0.259 e. The van der Waals surface area contributed by atoms with E-state index in [1.54, 1.807) is 13.0 Å². The average molecular weight is 332 g/mol. The van der Waals surface area contributed by atoms with E-state index >= 15 is 0 Å². The summed E-state index contributed by atoms with van der Waals surface area (Å²) in [6.07, 6.45) is 3.83. The number of aromatic nitrogens is 2. The van der Waals surface area contributed by atoms with E-state index in [1.807, 2.05) is 0 Å². The molecule has 1 aromatic heterocycles. The topological polar surface area (TPSA) is 64.9 Å². The third kappa shape index (κ3) is 2.91. The molecule has 1 aliphatic carbocycles. The van der Waals surface area contributed by atoms with Gasteiger partial charge in [-0.1, -0.05) is 29.6 Å². The van der Waals surface area contributed by atoms with E-state index in [2.05, 4.69) is 10.1 Å². The van der Waals surface area contributed by atoms with Crippen molar-refractivity contribution in [2.75, 3.05) is 0 Å². The fourth-order valence-electron chi connectivity index (χ4n) is 2.59. The predicted octanol–water partition coefficient (Wildman–Crippen LogP) is 3.99. The number of nitrogens with two attached hydrogens (primary N) is 1. The summed E-state index contributed by atoms with van der Waals surface area (Å²) in [4.78, 5) is 4.36. The zero-order valence-corrected chi connectivity index (χ0v) is 13.1. The molecule has 0 radical (unpaired) electrons. The van der Waals surface area contributed by atoms with E-state index in [1.165, 1.54) is 6.07 Å². The fourth-order valence-corrected chi connectivity index (χ4v) is 2.82. The number of hydrogen-bond acceptors (Lipinski definition) is 4. The van der Waals surface area contributed by atoms with Gasteiger partial charge in [-0.05, 0) is 37.5 Å². The van der Waals surface area contributed by atoms with Crippen molar-refractivity contribution in [3.8, 4) is 11.5 Å². The van der Waals surface area contributed by atoms with Crippen LogP contribution in [0.2, 0.25) is 5.02 Å². The molecule has 114 valence electrons. The van der Waals surface area contributed by atoms with Crippen LogP contribution >= 0.6 is 24.0 Å². The molecular weight excluding hydrogens is 316 g/mol. The van der Waals surface area contributed by atoms with Crippen LogP contribution in [0.15, 0.2) is 16.7 Å². The maximum atomic E-state index is 13.4. The molecule has 1 heterocycles. The van der Waals surface area contributed by atoms with E-state index in [0.717, 1.165) is 25.7 Å². The van der Waals surface area contributed by atoms with Crippen LogP contribution in [0.5, 0.6) is 0 Å². The molecule has 2 N–H and O–H groups in total. The van der Waals surface area contributed by atoms with Gasteiger partial charge in [0, 0.05) is 0 Å². The number of aryl methyl sites for hydroxylation is 1. The molecule has 21 heavy (non-hydrogen) atoms. The van der Waals surface area contributed by atoms with Crippen molar-refractivity contribution in [3.63, 3.8) is 0 Å². The number of hydrogen-bond donors (Lipinski definition) is 1. The van der Waals surface area contributed by atoms with E-state index in [-0.39, 0.29) is 29.1 Å². The molecule has 0 bridgehead atoms. The molecule has 0 spiro atoms. The third-order valence-electron chi connectivity index (χ3n) is 3.85. The van der Waals surface area contributed by atoms with Crippen molar-refractivity contribution in [2.45, 2.75) is 38.1 Å². The molecule has 0 aliphatic heterocycles. The second-order valence-electron chi connectivity index (χ2n) is 5.37. The molecule has 4 nitrogen and oxygen atoms in total. The Hall–Kier alpha value is -1.17. The molecule has 1 aromatic carbocycles. The lowest BCUT2D eigenvalue weighted by atomic mass is 9.98. The number of halogens is 3. The first-order valence-electron chi connectivity index (χ1n) is 6.59. The van der Waals surface area contributed by atoms with E-state index < -0.39 is 5.54 Å². The molecule has 1 saturated carbocycles. The summed E-state index contributed by atoms with van der Waals surface area (Å²) < 4.78 is 18.7. The summed E-state index contributed by atoms with van der Waals surface area (Å²) in [6, 6.07) is 2.86. The second-order valence-corrected chi connectivity index (χ2v) is 5.77. The molecule has 0 atom stereocenters. The van der Waals surface area contributed by atoms with Gasteiger partial charge in [-0.3, -0.25) is 0 Å². The minimum atomic E-state index is -0.511. The van der Waals surface area contributed by atoms with Crippen LogP contribution in [-0.4, -0.2) is 10.1 Å². The molecule has 1 aliphatic rings. The van der Waals surface area contributed by atoms with Gasteiger partial charge in [-0.15, -0.1) is 12.4 Å². The molecule has 0 amide bonds. The van der Waals surface area contributed by atoms with E-state index in [0.29, 0.717) is 17.0 Å². The van der Waals surface area contributed by atoms with Crippen molar-refractivity contribution in [1.82, 2.24) is 10.1 Å². The Morgan fingerprint density at radius 3 is 2.67 bits per heavy atom. The van der Waals surface area contributed by atoms with Crippen molar-refractivity contribution in [3.05, 3.63) is 34.4 Å². The number of nitrogens with zero attached hydrogens (tertiary/aromatic N) is 2. The highest BCUT2D eigenvalue weighted by molar-refractivity contribution is 6.33. The molecule has 2 aromatic rings. The Kier molecular flexibility index (Phi) is 4.56. The SMILES string of the molecule is Cc1cc(-c2nc(C3(N)CCCC3)no2)c(Cl)cc1F.Cl. The standard InChI is InChI=1S/C14H15ClFN3O.ClH/c1-8-6-9(10(15)7-11(8)16)12-18-13(19-20-12)14(17)4-2-3-5-14;/h6-7H,2-5,17H2,1H3;1H. The van der Waals surface area contributed by atoms with Crippen LogP contribution in [0.4, 0.5) is 4.39 Å². The van der Waals surface area contributed by atoms with Crippen LogP contribution in [0.1, 0.15) is 37.1 Å². The first-order valence-corrected chi connectivity index (χ1v) is 6.96. The highest BCUT2D eigenvalue weighted by Gasteiger charge is 2.36. The van der Waals surface area contributed by atoms with Gasteiger partial charge in [0.1, 0.15) is 5.82 Å². The molecule has 0 unspecified atom stereocenters. The molecule has 0 saturated heterocycles. The summed E-state index contributed by atoms with van der Waals surface area (Å²) in [5.41, 5.74) is 6.79. The lowest BCUT2D eigenvalue weighted by Gasteiger charge is -2.17. The van der Waals surface area contributed by atoms with E-state index in [9.17, 15) is 4.39 Å². The predicted molar refractivity (Wildman–Crippen MR) is 81.0 cm³/mol. The van der Waals surface area contributed by atoms with E-state index in [4.69, 9.17) is 21.9 Å². The second kappa shape index (κ2) is 5.91. The van der Waals surface area contributed by atoms with Gasteiger partial charge < -0.3 is 10.3 Å². The monoisotopic (exact) mass is 331 g/mol. The average Bonchev–Trinajstić information content (AvgIpc) is 3.03. The molecule has 7 heteroatoms. The van der Waals surface area contributed by atoms with Crippen LogP contribution < -0.4 is 5.73 Å². The molecular formula is C14H16Cl2FN3O. The third-order valence-corrected chi connectivity index (χ3v) is 4.16. The largest absolute Gasteiger partial charge is 0.334 e. The Bertz CT molecular complexity index is 654. The zero-order chi connectivity index (χ0) is 14.3. The van der Waals surface area contributed by atoms with Crippen molar-refractivity contribution in [1.29, 1.82) is 0 Å². The Labute approximate surface area is 133 Å². The van der Waals surface area contributed by atoms with Crippen LogP contribution in [-0.2, 0) is 5.54 Å². The summed E-state index contributed by atoms with van der Waals surface area (Å²) in [6.45, 7) is 1.66. The Morgan fingerprint density at radius 1 is 1.33 bits per heavy atom. The number of rotatable bonds is 2. The van der Waals surface area contributed by atoms with Crippen LogP contribution in [0.25, 0.3) is 11.5 Å². The van der Waals surface area contributed by atoms with Gasteiger partial charge in [-0.25, -0.2) is 4.39 Å². The minimum Gasteiger partial charge on any atom is -0.334 e. The quantitative estimate of drug-likeness (QED) is 0.903. The minimum absolute atomic E-state index is 0. The fraction of sp³-hybridized carbons (Fsp3) is 0.429. The smallest absolute Gasteiger partial charge is 0.259 e. The Balaban J connectivity index is 0.00000161. The van der Waals surface area contributed by atoms with Gasteiger partial charge in [0.15, 0.2) is 5.82 Å². The molecule has 1 fully saturated rings. The maximum absolute atomic E-state index is 13.4. The highest BCUT2D eigenvalue weighted by Crippen LogP contribution is 2.36. The summed E-state index contributed by atoms with van der Waals surface area (Å²) in [5.74, 6) is 0.428. The van der Waals surface area contributed by atoms with Crippen molar-refractivity contribution >= 4 is 24.0 Å². The van der Waals surface area contributed by atoms with Crippen molar-refractivity contribution < 1.29 is 8.91 Å². The van der Waals surface area contributed by atoms with Gasteiger partial charge in [0.25, 0.3) is 5.89 Å². The number of benzene rings is 1.